The van der Waals surface area contributed by atoms with Gasteiger partial charge in [-0.3, -0.25) is 0 Å². The second kappa shape index (κ2) is 5.19. The Hall–Kier alpha value is -2.25. The van der Waals surface area contributed by atoms with Gasteiger partial charge in [0.2, 0.25) is 0 Å². The third-order valence-corrected chi connectivity index (χ3v) is 2.28. The quantitative estimate of drug-likeness (QED) is 0.807. The summed E-state index contributed by atoms with van der Waals surface area (Å²) in [6.45, 7) is 0. The number of halogens is 1. The Labute approximate surface area is 105 Å². The molecule has 2 rings (SSSR count). The van der Waals surface area contributed by atoms with E-state index in [4.69, 9.17) is 16.7 Å². The lowest BCUT2D eigenvalue weighted by Crippen LogP contribution is -1.98. The number of hydrogen-bond acceptors (Lipinski definition) is 4. The van der Waals surface area contributed by atoms with Crippen molar-refractivity contribution in [1.82, 2.24) is 4.98 Å². The Balaban J connectivity index is 0.00000144. The van der Waals surface area contributed by atoms with Crippen molar-refractivity contribution in [3.05, 3.63) is 42.0 Å². The summed E-state index contributed by atoms with van der Waals surface area (Å²) in [6.07, 6.45) is 0. The van der Waals surface area contributed by atoms with E-state index in [9.17, 15) is 0 Å². The van der Waals surface area contributed by atoms with E-state index in [2.05, 4.69) is 11.1 Å². The van der Waals surface area contributed by atoms with Crippen LogP contribution >= 0.6 is 12.4 Å². The molecule has 2 aromatic rings. The molecule has 5 heteroatoms. The maximum atomic E-state index is 8.99. The van der Waals surface area contributed by atoms with Gasteiger partial charge in [0.25, 0.3) is 0 Å². The molecule has 0 radical (unpaired) electrons. The van der Waals surface area contributed by atoms with Gasteiger partial charge in [0, 0.05) is 11.1 Å². The van der Waals surface area contributed by atoms with Crippen molar-refractivity contribution in [1.29, 1.82) is 5.26 Å². The Morgan fingerprint density at radius 1 is 1.00 bits per heavy atom. The molecule has 4 nitrogen and oxygen atoms in total. The first-order valence-electron chi connectivity index (χ1n) is 4.74. The first-order chi connectivity index (χ1) is 7.72. The molecule has 0 unspecified atom stereocenters. The number of nitrogen functional groups attached to an aromatic ring is 2. The largest absolute Gasteiger partial charge is 0.384 e. The fourth-order valence-electron chi connectivity index (χ4n) is 1.53. The van der Waals surface area contributed by atoms with E-state index in [1.54, 1.807) is 18.2 Å². The van der Waals surface area contributed by atoms with Gasteiger partial charge in [0.05, 0.1) is 11.6 Å². The number of nitriles is 1. The minimum atomic E-state index is 0. The molecule has 0 aliphatic heterocycles. The van der Waals surface area contributed by atoms with Gasteiger partial charge in [0.1, 0.15) is 11.6 Å². The van der Waals surface area contributed by atoms with Crippen molar-refractivity contribution >= 4 is 24.0 Å². The lowest BCUT2D eigenvalue weighted by atomic mass is 10.0. The van der Waals surface area contributed by atoms with E-state index >= 15 is 0 Å². The lowest BCUT2D eigenvalue weighted by molar-refractivity contribution is 1.34. The molecule has 0 bridgehead atoms. The highest BCUT2D eigenvalue weighted by molar-refractivity contribution is 5.85. The third-order valence-electron chi connectivity index (χ3n) is 2.28. The van der Waals surface area contributed by atoms with Gasteiger partial charge in [-0.05, 0) is 18.2 Å². The van der Waals surface area contributed by atoms with Gasteiger partial charge >= 0.3 is 0 Å². The minimum absolute atomic E-state index is 0. The van der Waals surface area contributed by atoms with E-state index in [1.807, 2.05) is 18.2 Å². The van der Waals surface area contributed by atoms with E-state index in [-0.39, 0.29) is 12.4 Å². The number of rotatable bonds is 1. The normalized spacial score (nSPS) is 9.12. The van der Waals surface area contributed by atoms with E-state index in [1.165, 1.54) is 0 Å². The zero-order valence-corrected chi connectivity index (χ0v) is 9.74. The highest BCUT2D eigenvalue weighted by atomic mass is 35.5. The zero-order chi connectivity index (χ0) is 11.5. The van der Waals surface area contributed by atoms with Crippen LogP contribution < -0.4 is 11.5 Å². The Bertz CT molecular complexity index is 575. The molecule has 0 amide bonds. The fourth-order valence-corrected chi connectivity index (χ4v) is 1.53. The molecule has 0 saturated carbocycles. The second-order valence-electron chi connectivity index (χ2n) is 3.33. The highest BCUT2D eigenvalue weighted by Crippen LogP contribution is 2.27. The summed E-state index contributed by atoms with van der Waals surface area (Å²) in [5.74, 6) is 0.707. The van der Waals surface area contributed by atoms with Gasteiger partial charge < -0.3 is 11.5 Å². The topological polar surface area (TPSA) is 88.7 Å². The third kappa shape index (κ3) is 2.47. The standard InChI is InChI=1S/C12H10N4.ClH/c13-7-8-3-1-2-4-9(8)10-5-6-11(14)16-12(10)15;/h1-6H,(H4,14,15,16);1H. The smallest absolute Gasteiger partial charge is 0.133 e. The zero-order valence-electron chi connectivity index (χ0n) is 8.92. The molecule has 4 N–H and O–H groups in total. The van der Waals surface area contributed by atoms with E-state index < -0.39 is 0 Å². The Kier molecular flexibility index (Phi) is 3.91. The lowest BCUT2D eigenvalue weighted by Gasteiger charge is -2.07. The van der Waals surface area contributed by atoms with Gasteiger partial charge in [-0.1, -0.05) is 18.2 Å². The molecular formula is C12H11ClN4. The highest BCUT2D eigenvalue weighted by Gasteiger charge is 2.08. The SMILES string of the molecule is Cl.N#Cc1ccccc1-c1ccc(N)nc1N. The first kappa shape index (κ1) is 12.8. The number of hydrogen-bond donors (Lipinski definition) is 2. The van der Waals surface area contributed by atoms with Crippen molar-refractivity contribution in [2.75, 3.05) is 11.5 Å². The van der Waals surface area contributed by atoms with Crippen LogP contribution in [0.2, 0.25) is 0 Å². The summed E-state index contributed by atoms with van der Waals surface area (Å²) in [4.78, 5) is 3.97. The van der Waals surface area contributed by atoms with Crippen molar-refractivity contribution < 1.29 is 0 Å². The predicted octanol–water partition coefficient (Wildman–Crippen LogP) is 2.21. The number of nitrogens with zero attached hydrogens (tertiary/aromatic N) is 2. The molecule has 1 heterocycles. The molecule has 1 aromatic carbocycles. The maximum absolute atomic E-state index is 8.99. The van der Waals surface area contributed by atoms with Gasteiger partial charge in [0.15, 0.2) is 0 Å². The summed E-state index contributed by atoms with van der Waals surface area (Å²) in [6, 6.07) is 12.8. The fraction of sp³-hybridized carbons (Fsp3) is 0. The molecule has 0 fully saturated rings. The van der Waals surface area contributed by atoms with E-state index in [0.717, 1.165) is 11.1 Å². The van der Waals surface area contributed by atoms with Crippen LogP contribution in [0.5, 0.6) is 0 Å². The summed E-state index contributed by atoms with van der Waals surface area (Å²) >= 11 is 0. The van der Waals surface area contributed by atoms with Crippen LogP contribution in [0.25, 0.3) is 11.1 Å². The summed E-state index contributed by atoms with van der Waals surface area (Å²) < 4.78 is 0. The van der Waals surface area contributed by atoms with Gasteiger partial charge in [-0.15, -0.1) is 12.4 Å². The number of aromatic nitrogens is 1. The van der Waals surface area contributed by atoms with Crippen LogP contribution in [-0.4, -0.2) is 4.98 Å². The van der Waals surface area contributed by atoms with Gasteiger partial charge in [-0.25, -0.2) is 4.98 Å². The minimum Gasteiger partial charge on any atom is -0.384 e. The molecule has 17 heavy (non-hydrogen) atoms. The molecule has 0 aliphatic rings. The average Bonchev–Trinajstić information content (AvgIpc) is 2.29. The molecule has 86 valence electrons. The van der Waals surface area contributed by atoms with Crippen LogP contribution in [-0.2, 0) is 0 Å². The van der Waals surface area contributed by atoms with Gasteiger partial charge in [-0.2, -0.15) is 5.26 Å². The summed E-state index contributed by atoms with van der Waals surface area (Å²) in [7, 11) is 0. The number of benzene rings is 1. The molecule has 0 spiro atoms. The first-order valence-corrected chi connectivity index (χ1v) is 4.74. The number of anilines is 2. The summed E-state index contributed by atoms with van der Waals surface area (Å²) in [5, 5.41) is 8.99. The molecule has 0 atom stereocenters. The molecular weight excluding hydrogens is 236 g/mol. The molecule has 0 saturated heterocycles. The molecule has 0 aliphatic carbocycles. The molecule has 1 aromatic heterocycles. The number of nitrogens with two attached hydrogens (primary N) is 2. The van der Waals surface area contributed by atoms with Crippen LogP contribution in [0.4, 0.5) is 11.6 Å². The second-order valence-corrected chi connectivity index (χ2v) is 3.33. The number of pyridine rings is 1. The van der Waals surface area contributed by atoms with Crippen molar-refractivity contribution in [2.45, 2.75) is 0 Å². The maximum Gasteiger partial charge on any atom is 0.133 e. The van der Waals surface area contributed by atoms with Crippen molar-refractivity contribution in [2.24, 2.45) is 0 Å². The Morgan fingerprint density at radius 3 is 2.35 bits per heavy atom. The van der Waals surface area contributed by atoms with Crippen LogP contribution in [0.3, 0.4) is 0 Å². The summed E-state index contributed by atoms with van der Waals surface area (Å²) in [5.41, 5.74) is 13.4. The van der Waals surface area contributed by atoms with Crippen LogP contribution in [0.15, 0.2) is 36.4 Å². The average molecular weight is 247 g/mol. The monoisotopic (exact) mass is 246 g/mol. The Morgan fingerprint density at radius 2 is 1.71 bits per heavy atom. The van der Waals surface area contributed by atoms with E-state index in [0.29, 0.717) is 17.2 Å². The van der Waals surface area contributed by atoms with Crippen LogP contribution in [0, 0.1) is 11.3 Å². The van der Waals surface area contributed by atoms with Crippen molar-refractivity contribution in [3.8, 4) is 17.2 Å². The van der Waals surface area contributed by atoms with Crippen molar-refractivity contribution in [3.63, 3.8) is 0 Å². The van der Waals surface area contributed by atoms with Crippen LogP contribution in [0.1, 0.15) is 5.56 Å². The predicted molar refractivity (Wildman–Crippen MR) is 70.5 cm³/mol.